The Morgan fingerprint density at radius 2 is 1.73 bits per heavy atom. The number of carbonyl (C=O) groups excluding carboxylic acids is 1. The van der Waals surface area contributed by atoms with Gasteiger partial charge >= 0.3 is 5.97 Å². The third-order valence-electron chi connectivity index (χ3n) is 15.3. The van der Waals surface area contributed by atoms with E-state index in [0.717, 1.165) is 56.8 Å². The Morgan fingerprint density at radius 1 is 0.955 bits per heavy atom. The zero-order valence-corrected chi connectivity index (χ0v) is 28.3. The molecule has 7 heteroatoms. The number of hydrogen-bond acceptors (Lipinski definition) is 7. The third kappa shape index (κ3) is 4.48. The summed E-state index contributed by atoms with van der Waals surface area (Å²) in [5.41, 5.74) is 0.368. The van der Waals surface area contributed by atoms with Crippen LogP contribution in [0.3, 0.4) is 0 Å². The van der Waals surface area contributed by atoms with E-state index in [-0.39, 0.29) is 36.0 Å². The molecule has 0 bridgehead atoms. The molecule has 0 amide bonds. The highest BCUT2D eigenvalue weighted by Gasteiger charge is 2.80. The maximum Gasteiger partial charge on any atom is 0.303 e. The number of fused-ring (bicyclic) bond motifs is 4. The minimum absolute atomic E-state index is 0.0647. The summed E-state index contributed by atoms with van der Waals surface area (Å²) in [6.07, 6.45) is 14.7. The largest absolute Gasteiger partial charge is 0.457 e. The van der Waals surface area contributed by atoms with Gasteiger partial charge in [0.05, 0.1) is 30.5 Å². The summed E-state index contributed by atoms with van der Waals surface area (Å²) >= 11 is 0. The fraction of sp³-hybridized carbons (Fsp3) is 0.973. The lowest BCUT2D eigenvalue weighted by molar-refractivity contribution is -0.245. The maximum absolute atomic E-state index is 11.9. The average Bonchev–Trinajstić information content (AvgIpc) is 3.88. The second kappa shape index (κ2) is 10.1. The number of aliphatic hydroxyl groups is 1. The molecule has 1 N–H and O–H groups in total. The van der Waals surface area contributed by atoms with Gasteiger partial charge in [0.25, 0.3) is 0 Å². The van der Waals surface area contributed by atoms with Crippen LogP contribution in [0.15, 0.2) is 0 Å². The first-order valence-electron chi connectivity index (χ1n) is 18.3. The van der Waals surface area contributed by atoms with Crippen LogP contribution in [-0.2, 0) is 23.7 Å². The van der Waals surface area contributed by atoms with E-state index in [1.54, 1.807) is 13.8 Å². The van der Waals surface area contributed by atoms with Crippen LogP contribution in [0.2, 0.25) is 0 Å². The lowest BCUT2D eigenvalue weighted by Gasteiger charge is -2.60. The van der Waals surface area contributed by atoms with Gasteiger partial charge in [-0.2, -0.15) is 0 Å². The fourth-order valence-electron chi connectivity index (χ4n) is 13.2. The van der Waals surface area contributed by atoms with Gasteiger partial charge in [0.15, 0.2) is 12.4 Å². The van der Waals surface area contributed by atoms with E-state index in [4.69, 9.17) is 18.9 Å². The Morgan fingerprint density at radius 3 is 2.45 bits per heavy atom. The van der Waals surface area contributed by atoms with Gasteiger partial charge in [-0.05, 0) is 136 Å². The van der Waals surface area contributed by atoms with Crippen molar-refractivity contribution in [3.8, 4) is 0 Å². The lowest BCUT2D eigenvalue weighted by Crippen LogP contribution is -2.56. The Hall–Kier alpha value is -0.730. The molecule has 2 saturated heterocycles. The van der Waals surface area contributed by atoms with Crippen molar-refractivity contribution in [2.45, 2.75) is 161 Å². The molecule has 0 radical (unpaired) electrons. The first kappa shape index (κ1) is 30.6. The SMILES string of the molecule is CC(=O)O[C@@H](C1CCC2C(CC3C4CCC5C(C)(C)[C@@H](OC6CN(C7CC7)CCO6)CCC56CC46CCC23C)O1)C(C)(C)O. The normalized spacial score (nSPS) is 50.3. The molecule has 0 aromatic heterocycles. The van der Waals surface area contributed by atoms with Gasteiger partial charge in [0.1, 0.15) is 0 Å². The summed E-state index contributed by atoms with van der Waals surface area (Å²) in [5.74, 6) is 2.46. The molecule has 8 aliphatic rings. The zero-order valence-electron chi connectivity index (χ0n) is 28.3. The van der Waals surface area contributed by atoms with Gasteiger partial charge in [-0.1, -0.05) is 20.8 Å². The number of nitrogens with zero attached hydrogens (tertiary/aromatic N) is 1. The highest BCUT2D eigenvalue weighted by molar-refractivity contribution is 5.66. The lowest BCUT2D eigenvalue weighted by atomic mass is 9.46. The molecule has 248 valence electrons. The molecule has 2 heterocycles. The van der Waals surface area contributed by atoms with E-state index in [2.05, 4.69) is 25.7 Å². The van der Waals surface area contributed by atoms with Crippen LogP contribution >= 0.6 is 0 Å². The van der Waals surface area contributed by atoms with Crippen molar-refractivity contribution >= 4 is 5.97 Å². The van der Waals surface area contributed by atoms with Crippen molar-refractivity contribution in [1.82, 2.24) is 4.90 Å². The van der Waals surface area contributed by atoms with Crippen LogP contribution in [0.5, 0.6) is 0 Å². The summed E-state index contributed by atoms with van der Waals surface area (Å²) in [6, 6.07) is 0.777. The fourth-order valence-corrected chi connectivity index (χ4v) is 13.2. The van der Waals surface area contributed by atoms with Gasteiger partial charge in [0, 0.05) is 26.1 Å². The monoisotopic (exact) mass is 613 g/mol. The summed E-state index contributed by atoms with van der Waals surface area (Å²) in [5, 5.41) is 10.9. The number of hydrogen-bond donors (Lipinski definition) is 1. The molecule has 0 aromatic rings. The van der Waals surface area contributed by atoms with Gasteiger partial charge in [0.2, 0.25) is 0 Å². The second-order valence-corrected chi connectivity index (χ2v) is 18.2. The van der Waals surface area contributed by atoms with Crippen molar-refractivity contribution in [3.05, 3.63) is 0 Å². The van der Waals surface area contributed by atoms with Gasteiger partial charge in [-0.15, -0.1) is 0 Å². The van der Waals surface area contributed by atoms with E-state index >= 15 is 0 Å². The van der Waals surface area contributed by atoms with Crippen molar-refractivity contribution in [3.63, 3.8) is 0 Å². The van der Waals surface area contributed by atoms with Crippen LogP contribution in [0.25, 0.3) is 0 Å². The van der Waals surface area contributed by atoms with Crippen LogP contribution in [0, 0.1) is 45.3 Å². The highest BCUT2D eigenvalue weighted by Crippen LogP contribution is 2.87. The molecule has 6 aliphatic carbocycles. The molecule has 8 fully saturated rings. The van der Waals surface area contributed by atoms with E-state index in [1.807, 2.05) is 0 Å². The number of rotatable bonds is 6. The van der Waals surface area contributed by atoms with Crippen molar-refractivity contribution < 1.29 is 28.8 Å². The molecule has 2 aliphatic heterocycles. The van der Waals surface area contributed by atoms with Crippen LogP contribution in [0.1, 0.15) is 119 Å². The number of morpholine rings is 1. The number of carbonyl (C=O) groups is 1. The Labute approximate surface area is 265 Å². The summed E-state index contributed by atoms with van der Waals surface area (Å²) in [7, 11) is 0. The first-order chi connectivity index (χ1) is 20.8. The first-order valence-corrected chi connectivity index (χ1v) is 18.3. The molecule has 2 spiro atoms. The van der Waals surface area contributed by atoms with Crippen LogP contribution in [0.4, 0.5) is 0 Å². The molecule has 10 unspecified atom stereocenters. The van der Waals surface area contributed by atoms with Gasteiger partial charge in [-0.25, -0.2) is 0 Å². The third-order valence-corrected chi connectivity index (χ3v) is 15.3. The van der Waals surface area contributed by atoms with Crippen LogP contribution < -0.4 is 0 Å². The molecule has 8 rings (SSSR count). The van der Waals surface area contributed by atoms with Crippen molar-refractivity contribution in [1.29, 1.82) is 0 Å². The standard InChI is InChI=1S/C37H59NO6/c1-22(39)42-32(34(4,5)40)27-11-9-25-28(43-27)19-26-24-10-12-29-33(2,3)30(44-31-20-38(17-18-41-31)23-7-8-23)13-14-37(29)21-36(24,37)16-15-35(25,26)6/h23-32,40H,7-21H2,1-6H3/t24?,25?,26?,27?,28?,29?,30-,31?,32-,35?,36?,37?/m0/s1. The van der Waals surface area contributed by atoms with Gasteiger partial charge < -0.3 is 24.1 Å². The van der Waals surface area contributed by atoms with Crippen molar-refractivity contribution in [2.75, 3.05) is 19.7 Å². The number of ether oxygens (including phenoxy) is 4. The van der Waals surface area contributed by atoms with Gasteiger partial charge in [-0.3, -0.25) is 9.69 Å². The van der Waals surface area contributed by atoms with E-state index in [1.165, 1.54) is 64.7 Å². The Bertz CT molecular complexity index is 1150. The topological polar surface area (TPSA) is 77.5 Å². The van der Waals surface area contributed by atoms with E-state index < -0.39 is 11.7 Å². The quantitative estimate of drug-likeness (QED) is 0.363. The maximum atomic E-state index is 11.9. The molecule has 6 saturated carbocycles. The predicted octanol–water partition coefficient (Wildman–Crippen LogP) is 6.10. The molecule has 12 atom stereocenters. The summed E-state index contributed by atoms with van der Waals surface area (Å²) in [6.45, 7) is 15.4. The van der Waals surface area contributed by atoms with E-state index in [0.29, 0.717) is 28.1 Å². The second-order valence-electron chi connectivity index (χ2n) is 18.2. The van der Waals surface area contributed by atoms with Crippen LogP contribution in [-0.4, -0.2) is 78.0 Å². The molecular weight excluding hydrogens is 554 g/mol. The summed E-state index contributed by atoms with van der Waals surface area (Å²) < 4.78 is 25.6. The minimum Gasteiger partial charge on any atom is -0.457 e. The molecule has 44 heavy (non-hydrogen) atoms. The zero-order chi connectivity index (χ0) is 30.9. The number of esters is 1. The predicted molar refractivity (Wildman–Crippen MR) is 167 cm³/mol. The average molecular weight is 614 g/mol. The molecule has 0 aromatic carbocycles. The smallest absolute Gasteiger partial charge is 0.303 e. The molecular formula is C37H59NO6. The van der Waals surface area contributed by atoms with Crippen molar-refractivity contribution in [2.24, 2.45) is 45.3 Å². The molecule has 7 nitrogen and oxygen atoms in total. The highest BCUT2D eigenvalue weighted by atomic mass is 16.7. The summed E-state index contributed by atoms with van der Waals surface area (Å²) in [4.78, 5) is 14.5. The minimum atomic E-state index is -1.13. The Kier molecular flexibility index (Phi) is 7.05. The Balaban J connectivity index is 0.975. The van der Waals surface area contributed by atoms with E-state index in [9.17, 15) is 9.90 Å².